The number of thiophene rings is 1. The molecule has 1 atom stereocenters. The second-order valence-corrected chi connectivity index (χ2v) is 4.99. The van der Waals surface area contributed by atoms with Crippen LogP contribution in [0.2, 0.25) is 0 Å². The van der Waals surface area contributed by atoms with Crippen LogP contribution in [-0.4, -0.2) is 12.3 Å². The predicted molar refractivity (Wildman–Crippen MR) is 63.1 cm³/mol. The number of nitrogens with one attached hydrogen (secondary N) is 1. The van der Waals surface area contributed by atoms with Gasteiger partial charge in [0.15, 0.2) is 5.78 Å². The van der Waals surface area contributed by atoms with Crippen LogP contribution < -0.4 is 17.7 Å². The van der Waals surface area contributed by atoms with E-state index in [1.165, 1.54) is 4.88 Å². The van der Waals surface area contributed by atoms with Crippen molar-refractivity contribution in [3.63, 3.8) is 0 Å². The summed E-state index contributed by atoms with van der Waals surface area (Å²) >= 11 is 1.69. The van der Waals surface area contributed by atoms with E-state index >= 15 is 0 Å². The maximum atomic E-state index is 12.1. The summed E-state index contributed by atoms with van der Waals surface area (Å²) in [6.07, 6.45) is 3.89. The van der Waals surface area contributed by atoms with E-state index in [2.05, 4.69) is 23.7 Å². The number of ketones is 1. The van der Waals surface area contributed by atoms with Gasteiger partial charge in [0.1, 0.15) is 5.54 Å². The van der Waals surface area contributed by atoms with Crippen LogP contribution in [0.1, 0.15) is 37.5 Å². The van der Waals surface area contributed by atoms with Crippen LogP contribution in [0, 0.1) is 0 Å². The van der Waals surface area contributed by atoms with Crippen LogP contribution in [0.4, 0.5) is 0 Å². The van der Waals surface area contributed by atoms with Crippen molar-refractivity contribution < 1.29 is 17.2 Å². The monoisotopic (exact) mass is 258 g/mol. The first-order valence-corrected chi connectivity index (χ1v) is 6.50. The molecule has 1 aliphatic carbocycles. The number of hydrogen-bond donors (Lipinski definition) is 1. The van der Waals surface area contributed by atoms with Gasteiger partial charge in [0, 0.05) is 11.3 Å². The normalized spacial score (nSPS) is 25.2. The molecular weight excluding hydrogens is 242 g/mol. The summed E-state index contributed by atoms with van der Waals surface area (Å²) in [7, 11) is 0. The SMILES string of the molecule is CCNC1(c2cccs2)CCCCC1=O.[Cl-]. The Kier molecular flexibility index (Phi) is 4.96. The molecule has 1 N–H and O–H groups in total. The molecule has 0 saturated heterocycles. The molecule has 1 fully saturated rings. The van der Waals surface area contributed by atoms with Crippen LogP contribution in [0.5, 0.6) is 0 Å². The van der Waals surface area contributed by atoms with Crippen LogP contribution in [0.25, 0.3) is 0 Å². The van der Waals surface area contributed by atoms with Gasteiger partial charge < -0.3 is 17.7 Å². The van der Waals surface area contributed by atoms with Gasteiger partial charge >= 0.3 is 0 Å². The second-order valence-electron chi connectivity index (χ2n) is 4.04. The molecule has 2 nitrogen and oxygen atoms in total. The van der Waals surface area contributed by atoms with Gasteiger partial charge in [-0.25, -0.2) is 0 Å². The standard InChI is InChI=1S/C12H17NOS.ClH/c1-2-13-12(11-7-5-9-15-11)8-4-3-6-10(12)14;/h5,7,9,13H,2-4,6,8H2,1H3;1H/p-1. The summed E-state index contributed by atoms with van der Waals surface area (Å²) in [5.74, 6) is 0.373. The lowest BCUT2D eigenvalue weighted by Gasteiger charge is -2.35. The zero-order valence-electron chi connectivity index (χ0n) is 9.46. The molecule has 0 aromatic carbocycles. The summed E-state index contributed by atoms with van der Waals surface area (Å²) in [5, 5.41) is 5.46. The number of hydrogen-bond acceptors (Lipinski definition) is 3. The third-order valence-corrected chi connectivity index (χ3v) is 4.13. The van der Waals surface area contributed by atoms with Crippen LogP contribution in [-0.2, 0) is 10.3 Å². The lowest BCUT2D eigenvalue weighted by molar-refractivity contribution is -0.127. The van der Waals surface area contributed by atoms with E-state index in [-0.39, 0.29) is 17.9 Å². The van der Waals surface area contributed by atoms with Gasteiger partial charge in [0.2, 0.25) is 0 Å². The Morgan fingerprint density at radius 2 is 2.31 bits per heavy atom. The minimum atomic E-state index is -0.360. The largest absolute Gasteiger partial charge is 1.00 e. The topological polar surface area (TPSA) is 29.1 Å². The number of carbonyl (C=O) groups is 1. The molecule has 1 aromatic heterocycles. The summed E-state index contributed by atoms with van der Waals surface area (Å²) in [6.45, 7) is 2.92. The van der Waals surface area contributed by atoms with Gasteiger partial charge in [0.05, 0.1) is 0 Å². The third-order valence-electron chi connectivity index (χ3n) is 3.10. The second kappa shape index (κ2) is 5.80. The first-order chi connectivity index (χ1) is 7.29. The van der Waals surface area contributed by atoms with Crippen molar-refractivity contribution in [2.24, 2.45) is 0 Å². The average molecular weight is 259 g/mol. The fourth-order valence-electron chi connectivity index (χ4n) is 2.39. The van der Waals surface area contributed by atoms with Gasteiger partial charge in [-0.3, -0.25) is 4.79 Å². The highest BCUT2D eigenvalue weighted by atomic mass is 35.5. The number of rotatable bonds is 3. The van der Waals surface area contributed by atoms with E-state index in [0.717, 1.165) is 32.2 Å². The van der Waals surface area contributed by atoms with Gasteiger partial charge in [-0.05, 0) is 30.8 Å². The number of carbonyl (C=O) groups excluding carboxylic acids is 1. The Morgan fingerprint density at radius 1 is 1.50 bits per heavy atom. The highest BCUT2D eigenvalue weighted by Gasteiger charge is 2.41. The molecular formula is C12H17ClNOS-. The fraction of sp³-hybridized carbons (Fsp3) is 0.583. The minimum Gasteiger partial charge on any atom is -1.00 e. The molecule has 0 bridgehead atoms. The zero-order chi connectivity index (χ0) is 10.7. The van der Waals surface area contributed by atoms with Crippen molar-refractivity contribution >= 4 is 17.1 Å². The van der Waals surface area contributed by atoms with Gasteiger partial charge in [-0.15, -0.1) is 11.3 Å². The van der Waals surface area contributed by atoms with E-state index in [1.54, 1.807) is 11.3 Å². The predicted octanol–water partition coefficient (Wildman–Crippen LogP) is -0.300. The third kappa shape index (κ3) is 2.31. The number of halogens is 1. The molecule has 0 spiro atoms. The average Bonchev–Trinajstić information content (AvgIpc) is 2.75. The molecule has 4 heteroatoms. The molecule has 16 heavy (non-hydrogen) atoms. The van der Waals surface area contributed by atoms with Gasteiger partial charge in [-0.2, -0.15) is 0 Å². The Bertz CT molecular complexity index is 335. The van der Waals surface area contributed by atoms with E-state index in [4.69, 9.17) is 0 Å². The molecule has 1 heterocycles. The van der Waals surface area contributed by atoms with Gasteiger partial charge in [-0.1, -0.05) is 19.4 Å². The maximum absolute atomic E-state index is 12.1. The first kappa shape index (κ1) is 13.7. The fourth-order valence-corrected chi connectivity index (χ4v) is 3.34. The van der Waals surface area contributed by atoms with Crippen molar-refractivity contribution in [1.29, 1.82) is 0 Å². The molecule has 0 amide bonds. The highest BCUT2D eigenvalue weighted by molar-refractivity contribution is 7.10. The molecule has 0 aliphatic heterocycles. The van der Waals surface area contributed by atoms with E-state index in [9.17, 15) is 4.79 Å². The molecule has 90 valence electrons. The Balaban J connectivity index is 0.00000128. The quantitative estimate of drug-likeness (QED) is 0.807. The van der Waals surface area contributed by atoms with Crippen molar-refractivity contribution in [3.05, 3.63) is 22.4 Å². The van der Waals surface area contributed by atoms with Crippen molar-refractivity contribution in [3.8, 4) is 0 Å². The summed E-state index contributed by atoms with van der Waals surface area (Å²) in [5.41, 5.74) is -0.360. The molecule has 1 aromatic rings. The Morgan fingerprint density at radius 3 is 2.88 bits per heavy atom. The smallest absolute Gasteiger partial charge is 0.158 e. The zero-order valence-corrected chi connectivity index (χ0v) is 11.0. The molecule has 1 aliphatic rings. The maximum Gasteiger partial charge on any atom is 0.158 e. The van der Waals surface area contributed by atoms with Crippen LogP contribution in [0.15, 0.2) is 17.5 Å². The summed E-state index contributed by atoms with van der Waals surface area (Å²) < 4.78 is 0. The molecule has 2 rings (SSSR count). The van der Waals surface area contributed by atoms with Crippen LogP contribution in [0.3, 0.4) is 0 Å². The number of likely N-dealkylation sites (N-methyl/N-ethyl adjacent to an activating group) is 1. The van der Waals surface area contributed by atoms with E-state index in [1.807, 2.05) is 6.07 Å². The van der Waals surface area contributed by atoms with Crippen LogP contribution >= 0.6 is 11.3 Å². The molecule has 1 unspecified atom stereocenters. The minimum absolute atomic E-state index is 0. The summed E-state index contributed by atoms with van der Waals surface area (Å²) in [6, 6.07) is 4.11. The Labute approximate surface area is 107 Å². The summed E-state index contributed by atoms with van der Waals surface area (Å²) in [4.78, 5) is 13.3. The van der Waals surface area contributed by atoms with Crippen molar-refractivity contribution in [2.45, 2.75) is 38.1 Å². The first-order valence-electron chi connectivity index (χ1n) is 5.62. The lowest BCUT2D eigenvalue weighted by atomic mass is 9.79. The van der Waals surface area contributed by atoms with E-state index < -0.39 is 0 Å². The molecule has 1 saturated carbocycles. The Hall–Kier alpha value is -0.380. The van der Waals surface area contributed by atoms with Crippen molar-refractivity contribution in [1.82, 2.24) is 5.32 Å². The van der Waals surface area contributed by atoms with Gasteiger partial charge in [0.25, 0.3) is 0 Å². The lowest BCUT2D eigenvalue weighted by Crippen LogP contribution is -3.00. The van der Waals surface area contributed by atoms with E-state index in [0.29, 0.717) is 5.78 Å². The molecule has 0 radical (unpaired) electrons. The highest BCUT2D eigenvalue weighted by Crippen LogP contribution is 2.36. The number of Topliss-reactive ketones (excluding diaryl/α,β-unsaturated/α-hetero) is 1. The van der Waals surface area contributed by atoms with Crippen molar-refractivity contribution in [2.75, 3.05) is 6.54 Å².